The molecule has 0 bridgehead atoms. The van der Waals surface area contributed by atoms with E-state index in [9.17, 15) is 4.79 Å². The molecular weight excluding hydrogens is 286 g/mol. The van der Waals surface area contributed by atoms with Crippen molar-refractivity contribution >= 4 is 11.6 Å². The van der Waals surface area contributed by atoms with Crippen LogP contribution in [0.5, 0.6) is 5.75 Å². The Hall–Kier alpha value is -2.29. The fourth-order valence-electron chi connectivity index (χ4n) is 3.01. The maximum atomic E-state index is 12.4. The van der Waals surface area contributed by atoms with Crippen LogP contribution in [0.1, 0.15) is 42.4 Å². The van der Waals surface area contributed by atoms with Gasteiger partial charge in [0.1, 0.15) is 5.75 Å². The minimum Gasteiger partial charge on any atom is -0.493 e. The molecule has 0 saturated heterocycles. The molecule has 0 radical (unpaired) electrons. The number of nitrogens with one attached hydrogen (secondary N) is 1. The molecule has 120 valence electrons. The number of ether oxygens (including phenoxy) is 1. The molecular formula is C20H23NO2. The van der Waals surface area contributed by atoms with Crippen LogP contribution in [0.15, 0.2) is 42.5 Å². The van der Waals surface area contributed by atoms with Gasteiger partial charge in [-0.3, -0.25) is 4.79 Å². The monoisotopic (exact) mass is 309 g/mol. The zero-order valence-electron chi connectivity index (χ0n) is 13.8. The SMILES string of the molecule is CCCCOc1ccccc1C[C@@H]1C(=O)Nc2ccc(C)cc21. The average molecular weight is 309 g/mol. The zero-order valence-corrected chi connectivity index (χ0v) is 13.8. The molecule has 3 nitrogen and oxygen atoms in total. The topological polar surface area (TPSA) is 38.3 Å². The first-order valence-corrected chi connectivity index (χ1v) is 8.31. The lowest BCUT2D eigenvalue weighted by molar-refractivity contribution is -0.117. The molecule has 0 fully saturated rings. The number of unbranched alkanes of at least 4 members (excludes halogenated alkanes) is 1. The second-order valence-corrected chi connectivity index (χ2v) is 6.15. The molecule has 1 heterocycles. The first kappa shape index (κ1) is 15.6. The predicted molar refractivity (Wildman–Crippen MR) is 93.1 cm³/mol. The number of hydrogen-bond acceptors (Lipinski definition) is 2. The molecule has 0 unspecified atom stereocenters. The van der Waals surface area contributed by atoms with Crippen LogP contribution in [0, 0.1) is 6.92 Å². The summed E-state index contributed by atoms with van der Waals surface area (Å²) in [4.78, 5) is 12.4. The maximum Gasteiger partial charge on any atom is 0.232 e. The van der Waals surface area contributed by atoms with Crippen LogP contribution in [0.4, 0.5) is 5.69 Å². The van der Waals surface area contributed by atoms with Crippen molar-refractivity contribution in [2.24, 2.45) is 0 Å². The van der Waals surface area contributed by atoms with Crippen molar-refractivity contribution in [2.75, 3.05) is 11.9 Å². The van der Waals surface area contributed by atoms with Gasteiger partial charge in [-0.1, -0.05) is 49.2 Å². The summed E-state index contributed by atoms with van der Waals surface area (Å²) >= 11 is 0. The van der Waals surface area contributed by atoms with Gasteiger partial charge in [0.15, 0.2) is 0 Å². The van der Waals surface area contributed by atoms with Gasteiger partial charge in [-0.15, -0.1) is 0 Å². The zero-order chi connectivity index (χ0) is 16.2. The van der Waals surface area contributed by atoms with Gasteiger partial charge in [0.25, 0.3) is 0 Å². The lowest BCUT2D eigenvalue weighted by Gasteiger charge is -2.14. The van der Waals surface area contributed by atoms with E-state index in [-0.39, 0.29) is 11.8 Å². The third-order valence-corrected chi connectivity index (χ3v) is 4.31. The molecule has 1 aliphatic heterocycles. The number of para-hydroxylation sites is 1. The number of hydrogen-bond donors (Lipinski definition) is 1. The highest BCUT2D eigenvalue weighted by Gasteiger charge is 2.31. The van der Waals surface area contributed by atoms with Gasteiger partial charge in [0.05, 0.1) is 12.5 Å². The molecule has 0 aliphatic carbocycles. The Labute approximate surface area is 137 Å². The van der Waals surface area contributed by atoms with E-state index in [4.69, 9.17) is 4.74 Å². The van der Waals surface area contributed by atoms with Gasteiger partial charge >= 0.3 is 0 Å². The Kier molecular flexibility index (Phi) is 4.65. The molecule has 3 rings (SSSR count). The highest BCUT2D eigenvalue weighted by atomic mass is 16.5. The fraction of sp³-hybridized carbons (Fsp3) is 0.350. The van der Waals surface area contributed by atoms with E-state index in [2.05, 4.69) is 31.3 Å². The van der Waals surface area contributed by atoms with Crippen molar-refractivity contribution in [1.29, 1.82) is 0 Å². The summed E-state index contributed by atoms with van der Waals surface area (Å²) in [6, 6.07) is 14.2. The third kappa shape index (κ3) is 3.39. The number of aryl methyl sites for hydroxylation is 1. The van der Waals surface area contributed by atoms with E-state index in [0.29, 0.717) is 6.42 Å². The average Bonchev–Trinajstić information content (AvgIpc) is 2.85. The van der Waals surface area contributed by atoms with Crippen molar-refractivity contribution in [3.05, 3.63) is 59.2 Å². The van der Waals surface area contributed by atoms with E-state index < -0.39 is 0 Å². The summed E-state index contributed by atoms with van der Waals surface area (Å²) in [7, 11) is 0. The van der Waals surface area contributed by atoms with Gasteiger partial charge in [0.2, 0.25) is 5.91 Å². The van der Waals surface area contributed by atoms with E-state index in [0.717, 1.165) is 42.0 Å². The Morgan fingerprint density at radius 3 is 2.83 bits per heavy atom. The number of rotatable bonds is 6. The molecule has 0 aromatic heterocycles. The van der Waals surface area contributed by atoms with Crippen molar-refractivity contribution in [2.45, 2.75) is 39.0 Å². The largest absolute Gasteiger partial charge is 0.493 e. The van der Waals surface area contributed by atoms with Gasteiger partial charge in [0, 0.05) is 5.69 Å². The van der Waals surface area contributed by atoms with Crippen LogP contribution in [0.2, 0.25) is 0 Å². The molecule has 3 heteroatoms. The summed E-state index contributed by atoms with van der Waals surface area (Å²) in [5.74, 6) is 0.838. The number of amides is 1. The van der Waals surface area contributed by atoms with Crippen molar-refractivity contribution in [1.82, 2.24) is 0 Å². The number of carbonyl (C=O) groups excluding carboxylic acids is 1. The Balaban J connectivity index is 1.83. The van der Waals surface area contributed by atoms with Crippen LogP contribution in [-0.4, -0.2) is 12.5 Å². The molecule has 1 amide bonds. The Bertz CT molecular complexity index is 709. The molecule has 0 spiro atoms. The molecule has 1 N–H and O–H groups in total. The number of carbonyl (C=O) groups is 1. The van der Waals surface area contributed by atoms with Crippen LogP contribution in [-0.2, 0) is 11.2 Å². The predicted octanol–water partition coefficient (Wildman–Crippen LogP) is 4.45. The second-order valence-electron chi connectivity index (χ2n) is 6.15. The normalized spacial score (nSPS) is 16.1. The first-order chi connectivity index (χ1) is 11.2. The summed E-state index contributed by atoms with van der Waals surface area (Å²) in [6.45, 7) is 4.93. The minimum absolute atomic E-state index is 0.0777. The van der Waals surface area contributed by atoms with E-state index >= 15 is 0 Å². The summed E-state index contributed by atoms with van der Waals surface area (Å²) in [6.07, 6.45) is 2.82. The minimum atomic E-state index is -0.138. The first-order valence-electron chi connectivity index (χ1n) is 8.31. The molecule has 23 heavy (non-hydrogen) atoms. The fourth-order valence-corrected chi connectivity index (χ4v) is 3.01. The van der Waals surface area contributed by atoms with Crippen molar-refractivity contribution in [3.63, 3.8) is 0 Å². The lowest BCUT2D eigenvalue weighted by Crippen LogP contribution is -2.15. The van der Waals surface area contributed by atoms with Crippen LogP contribution in [0.3, 0.4) is 0 Å². The lowest BCUT2D eigenvalue weighted by atomic mass is 9.92. The van der Waals surface area contributed by atoms with Crippen LogP contribution in [0.25, 0.3) is 0 Å². The van der Waals surface area contributed by atoms with Crippen molar-refractivity contribution < 1.29 is 9.53 Å². The van der Waals surface area contributed by atoms with Crippen molar-refractivity contribution in [3.8, 4) is 5.75 Å². The van der Waals surface area contributed by atoms with Gasteiger partial charge in [-0.2, -0.15) is 0 Å². The molecule has 0 saturated carbocycles. The number of anilines is 1. The molecule has 2 aromatic rings. The smallest absolute Gasteiger partial charge is 0.232 e. The molecule has 1 aliphatic rings. The second kappa shape index (κ2) is 6.86. The molecule has 2 aromatic carbocycles. The van der Waals surface area contributed by atoms with Crippen LogP contribution < -0.4 is 10.1 Å². The van der Waals surface area contributed by atoms with E-state index in [1.54, 1.807) is 0 Å². The quantitative estimate of drug-likeness (QED) is 0.800. The maximum absolute atomic E-state index is 12.4. The highest BCUT2D eigenvalue weighted by Crippen LogP contribution is 2.36. The summed E-state index contributed by atoms with van der Waals surface area (Å²) < 4.78 is 5.90. The van der Waals surface area contributed by atoms with Gasteiger partial charge in [-0.25, -0.2) is 0 Å². The standard InChI is InChI=1S/C20H23NO2/c1-3-4-11-23-19-8-6-5-7-15(19)13-17-16-12-14(2)9-10-18(16)21-20(17)22/h5-10,12,17H,3-4,11,13H2,1-2H3,(H,21,22)/t17-/m0/s1. The van der Waals surface area contributed by atoms with Gasteiger partial charge < -0.3 is 10.1 Å². The number of benzene rings is 2. The highest BCUT2D eigenvalue weighted by molar-refractivity contribution is 6.03. The molecule has 1 atom stereocenters. The van der Waals surface area contributed by atoms with E-state index in [1.165, 1.54) is 5.56 Å². The third-order valence-electron chi connectivity index (χ3n) is 4.31. The summed E-state index contributed by atoms with van der Waals surface area (Å²) in [5, 5.41) is 2.99. The van der Waals surface area contributed by atoms with E-state index in [1.807, 2.05) is 30.3 Å². The summed E-state index contributed by atoms with van der Waals surface area (Å²) in [5.41, 5.74) is 4.31. The van der Waals surface area contributed by atoms with Gasteiger partial charge in [-0.05, 0) is 43.0 Å². The number of fused-ring (bicyclic) bond motifs is 1. The Morgan fingerprint density at radius 1 is 1.17 bits per heavy atom. The Morgan fingerprint density at radius 2 is 2.00 bits per heavy atom. The van der Waals surface area contributed by atoms with Crippen LogP contribution >= 0.6 is 0 Å².